The molecule has 8 heteroatoms. The summed E-state index contributed by atoms with van der Waals surface area (Å²) in [5.41, 5.74) is 10.0. The van der Waals surface area contributed by atoms with E-state index in [-0.39, 0.29) is 13.1 Å². The topological polar surface area (TPSA) is 108 Å². The number of azide groups is 1. The van der Waals surface area contributed by atoms with E-state index in [9.17, 15) is 9.90 Å². The summed E-state index contributed by atoms with van der Waals surface area (Å²) >= 11 is 0. The molecule has 8 nitrogen and oxygen atoms in total. The molecule has 2 atom stereocenters. The van der Waals surface area contributed by atoms with Crippen LogP contribution in [0.4, 0.5) is 4.79 Å². The molecule has 2 aromatic carbocycles. The first kappa shape index (κ1) is 24.1. The molecule has 0 saturated carbocycles. The number of hydrogen-bond donors (Lipinski definition) is 1. The van der Waals surface area contributed by atoms with Gasteiger partial charge < -0.3 is 19.5 Å². The Morgan fingerprint density at radius 2 is 1.84 bits per heavy atom. The van der Waals surface area contributed by atoms with Crippen molar-refractivity contribution in [3.63, 3.8) is 0 Å². The molecule has 0 spiro atoms. The minimum absolute atomic E-state index is 0.0529. The Kier molecular flexibility index (Phi) is 8.73. The summed E-state index contributed by atoms with van der Waals surface area (Å²) in [6.45, 7) is 5.50. The first-order valence-corrected chi connectivity index (χ1v) is 10.1. The highest BCUT2D eigenvalue weighted by Crippen LogP contribution is 2.19. The molecule has 0 saturated heterocycles. The van der Waals surface area contributed by atoms with Crippen molar-refractivity contribution in [2.24, 2.45) is 5.11 Å². The van der Waals surface area contributed by atoms with Crippen molar-refractivity contribution in [2.75, 3.05) is 13.7 Å². The van der Waals surface area contributed by atoms with Gasteiger partial charge in [0.15, 0.2) is 0 Å². The molecular weight excluding hydrogens is 396 g/mol. The maximum atomic E-state index is 12.8. The van der Waals surface area contributed by atoms with Gasteiger partial charge >= 0.3 is 6.09 Å². The second-order valence-corrected chi connectivity index (χ2v) is 8.24. The van der Waals surface area contributed by atoms with Gasteiger partial charge in [-0.3, -0.25) is 0 Å². The Morgan fingerprint density at radius 1 is 1.16 bits per heavy atom. The Hall–Kier alpha value is -3.22. The summed E-state index contributed by atoms with van der Waals surface area (Å²) in [4.78, 5) is 17.1. The second-order valence-electron chi connectivity index (χ2n) is 8.24. The predicted octanol–water partition coefficient (Wildman–Crippen LogP) is 4.71. The first-order chi connectivity index (χ1) is 14.7. The number of benzene rings is 2. The van der Waals surface area contributed by atoms with Crippen LogP contribution < -0.4 is 4.74 Å². The van der Waals surface area contributed by atoms with Gasteiger partial charge in [-0.1, -0.05) is 47.6 Å². The minimum atomic E-state index is -1.07. The van der Waals surface area contributed by atoms with Crippen LogP contribution in [-0.4, -0.2) is 47.5 Å². The minimum Gasteiger partial charge on any atom is -0.497 e. The maximum Gasteiger partial charge on any atom is 0.410 e. The molecule has 1 N–H and O–H groups in total. The van der Waals surface area contributed by atoms with E-state index in [1.807, 2.05) is 54.6 Å². The van der Waals surface area contributed by atoms with Crippen molar-refractivity contribution < 1.29 is 19.4 Å². The lowest BCUT2D eigenvalue weighted by Gasteiger charge is -2.30. The SMILES string of the molecule is COc1cccc(CN(CC(O)C(Cc2ccccc2)N=[N+]=[N-])C(=O)OC(C)(C)C)c1. The van der Waals surface area contributed by atoms with Crippen LogP contribution in [0.1, 0.15) is 31.9 Å². The fourth-order valence-electron chi connectivity index (χ4n) is 3.04. The number of amides is 1. The van der Waals surface area contributed by atoms with Crippen molar-refractivity contribution in [3.8, 4) is 5.75 Å². The number of aliphatic hydroxyl groups excluding tert-OH is 1. The molecule has 0 aliphatic carbocycles. The lowest BCUT2D eigenvalue weighted by molar-refractivity contribution is 0.00995. The molecule has 0 aliphatic heterocycles. The summed E-state index contributed by atoms with van der Waals surface area (Å²) in [5.74, 6) is 0.665. The molecule has 2 aromatic rings. The molecule has 0 radical (unpaired) electrons. The van der Waals surface area contributed by atoms with E-state index in [1.54, 1.807) is 27.9 Å². The van der Waals surface area contributed by atoms with Crippen molar-refractivity contribution in [3.05, 3.63) is 76.2 Å². The number of aliphatic hydroxyl groups is 1. The maximum absolute atomic E-state index is 12.8. The standard InChI is InChI=1S/C23H30N4O4/c1-23(2,3)31-22(29)27(15-18-11-8-12-19(13-18)30-4)16-21(28)20(25-26-24)14-17-9-6-5-7-10-17/h5-13,20-21,28H,14-16H2,1-4H3. The lowest BCUT2D eigenvalue weighted by atomic mass is 10.0. The molecule has 0 aliphatic rings. The van der Waals surface area contributed by atoms with E-state index < -0.39 is 23.8 Å². The van der Waals surface area contributed by atoms with Crippen LogP contribution >= 0.6 is 0 Å². The fourth-order valence-corrected chi connectivity index (χ4v) is 3.04. The molecular formula is C23H30N4O4. The van der Waals surface area contributed by atoms with E-state index in [1.165, 1.54) is 4.90 Å². The molecule has 166 valence electrons. The van der Waals surface area contributed by atoms with Crippen molar-refractivity contribution in [1.82, 2.24) is 4.90 Å². The largest absolute Gasteiger partial charge is 0.497 e. The quantitative estimate of drug-likeness (QED) is 0.356. The van der Waals surface area contributed by atoms with E-state index >= 15 is 0 Å². The molecule has 0 bridgehead atoms. The number of carbonyl (C=O) groups excluding carboxylic acids is 1. The highest BCUT2D eigenvalue weighted by Gasteiger charge is 2.27. The van der Waals surface area contributed by atoms with Gasteiger partial charge in [0, 0.05) is 11.5 Å². The Balaban J connectivity index is 2.22. The van der Waals surface area contributed by atoms with Crippen molar-refractivity contribution in [1.29, 1.82) is 0 Å². The van der Waals surface area contributed by atoms with Crippen LogP contribution in [0.5, 0.6) is 5.75 Å². The van der Waals surface area contributed by atoms with Crippen LogP contribution in [0.3, 0.4) is 0 Å². The van der Waals surface area contributed by atoms with Crippen LogP contribution in [-0.2, 0) is 17.7 Å². The average molecular weight is 427 g/mol. The van der Waals surface area contributed by atoms with E-state index in [2.05, 4.69) is 10.0 Å². The summed E-state index contributed by atoms with van der Waals surface area (Å²) in [6, 6.07) is 16.0. The zero-order valence-corrected chi connectivity index (χ0v) is 18.4. The molecule has 2 unspecified atom stereocenters. The third-order valence-corrected chi connectivity index (χ3v) is 4.50. The van der Waals surface area contributed by atoms with Crippen LogP contribution in [0, 0.1) is 0 Å². The van der Waals surface area contributed by atoms with E-state index in [0.29, 0.717) is 12.2 Å². The molecule has 0 heterocycles. The Bertz CT molecular complexity index is 892. The molecule has 2 rings (SSSR count). The van der Waals surface area contributed by atoms with Gasteiger partial charge in [0.05, 0.1) is 25.8 Å². The fraction of sp³-hybridized carbons (Fsp3) is 0.435. The molecule has 0 fully saturated rings. The Labute approximate surface area is 183 Å². The monoisotopic (exact) mass is 426 g/mol. The third-order valence-electron chi connectivity index (χ3n) is 4.50. The van der Waals surface area contributed by atoms with Crippen molar-refractivity contribution in [2.45, 2.75) is 51.5 Å². The first-order valence-electron chi connectivity index (χ1n) is 10.1. The van der Waals surface area contributed by atoms with Gasteiger partial charge in [-0.05, 0) is 56.0 Å². The van der Waals surface area contributed by atoms with Gasteiger partial charge in [-0.2, -0.15) is 0 Å². The summed E-state index contributed by atoms with van der Waals surface area (Å²) in [5, 5.41) is 14.6. The highest BCUT2D eigenvalue weighted by molar-refractivity contribution is 5.68. The second kappa shape index (κ2) is 11.2. The van der Waals surface area contributed by atoms with Gasteiger partial charge in [0.25, 0.3) is 0 Å². The van der Waals surface area contributed by atoms with Gasteiger partial charge in [-0.25, -0.2) is 4.79 Å². The third kappa shape index (κ3) is 8.20. The normalized spacial score (nSPS) is 12.9. The number of hydrogen-bond acceptors (Lipinski definition) is 5. The summed E-state index contributed by atoms with van der Waals surface area (Å²) in [6.07, 6.45) is -1.28. The average Bonchev–Trinajstić information content (AvgIpc) is 2.72. The predicted molar refractivity (Wildman–Crippen MR) is 119 cm³/mol. The lowest BCUT2D eigenvalue weighted by Crippen LogP contribution is -2.44. The van der Waals surface area contributed by atoms with Crippen LogP contribution in [0.2, 0.25) is 0 Å². The van der Waals surface area contributed by atoms with Crippen molar-refractivity contribution >= 4 is 6.09 Å². The number of ether oxygens (including phenoxy) is 2. The highest BCUT2D eigenvalue weighted by atomic mass is 16.6. The smallest absolute Gasteiger partial charge is 0.410 e. The summed E-state index contributed by atoms with van der Waals surface area (Å²) in [7, 11) is 1.57. The number of rotatable bonds is 9. The van der Waals surface area contributed by atoms with Gasteiger partial charge in [0.2, 0.25) is 0 Å². The number of carbonyl (C=O) groups is 1. The molecule has 31 heavy (non-hydrogen) atoms. The van der Waals surface area contributed by atoms with Gasteiger partial charge in [-0.15, -0.1) is 0 Å². The number of methoxy groups -OCH3 is 1. The summed E-state index contributed by atoms with van der Waals surface area (Å²) < 4.78 is 10.8. The van der Waals surface area contributed by atoms with E-state index in [4.69, 9.17) is 15.0 Å². The molecule has 0 aromatic heterocycles. The number of nitrogens with zero attached hydrogens (tertiary/aromatic N) is 4. The zero-order chi connectivity index (χ0) is 22.9. The Morgan fingerprint density at radius 3 is 2.45 bits per heavy atom. The van der Waals surface area contributed by atoms with E-state index in [0.717, 1.165) is 11.1 Å². The molecule has 1 amide bonds. The zero-order valence-electron chi connectivity index (χ0n) is 18.4. The van der Waals surface area contributed by atoms with Gasteiger partial charge in [0.1, 0.15) is 11.4 Å². The van der Waals surface area contributed by atoms with Crippen LogP contribution in [0.15, 0.2) is 59.7 Å². The van der Waals surface area contributed by atoms with Crippen LogP contribution in [0.25, 0.3) is 10.4 Å².